The van der Waals surface area contributed by atoms with Gasteiger partial charge in [0.15, 0.2) is 0 Å². The predicted octanol–water partition coefficient (Wildman–Crippen LogP) is 4.15. The Bertz CT molecular complexity index is 762. The summed E-state index contributed by atoms with van der Waals surface area (Å²) in [4.78, 5) is 4.73. The largest absolute Gasteiger partial charge is 0.494 e. The van der Waals surface area contributed by atoms with Crippen LogP contribution in [0.4, 0.5) is 5.69 Å². The summed E-state index contributed by atoms with van der Waals surface area (Å²) in [6.45, 7) is 4.79. The fourth-order valence-electron chi connectivity index (χ4n) is 2.68. The molecular weight excluding hydrogens is 274 g/mol. The highest BCUT2D eigenvalue weighted by molar-refractivity contribution is 5.76. The number of fused-ring (bicyclic) bond motifs is 1. The molecule has 22 heavy (non-hydrogen) atoms. The molecule has 114 valence electrons. The molecule has 3 rings (SSSR count). The van der Waals surface area contributed by atoms with Gasteiger partial charge in [0.25, 0.3) is 0 Å². The molecule has 0 aliphatic heterocycles. The Balaban J connectivity index is 1.80. The van der Waals surface area contributed by atoms with Crippen LogP contribution in [0.3, 0.4) is 0 Å². The van der Waals surface area contributed by atoms with E-state index in [1.165, 1.54) is 0 Å². The van der Waals surface area contributed by atoms with Crippen LogP contribution in [0.2, 0.25) is 0 Å². The molecule has 2 aromatic carbocycles. The first-order valence-corrected chi connectivity index (χ1v) is 7.59. The maximum atomic E-state index is 5.47. The number of para-hydroxylation sites is 2. The Hall–Kier alpha value is -2.49. The van der Waals surface area contributed by atoms with Crippen LogP contribution < -0.4 is 10.1 Å². The van der Waals surface area contributed by atoms with Gasteiger partial charge in [-0.1, -0.05) is 12.1 Å². The third-order valence-electron chi connectivity index (χ3n) is 3.76. The minimum absolute atomic E-state index is 0.121. The van der Waals surface area contributed by atoms with E-state index in [1.54, 1.807) is 0 Å². The van der Waals surface area contributed by atoms with Crippen LogP contribution in [0.1, 0.15) is 25.7 Å². The Morgan fingerprint density at radius 1 is 1.14 bits per heavy atom. The summed E-state index contributed by atoms with van der Waals surface area (Å²) in [7, 11) is 2.06. The van der Waals surface area contributed by atoms with Gasteiger partial charge in [-0.05, 0) is 50.2 Å². The van der Waals surface area contributed by atoms with Gasteiger partial charge in [0.1, 0.15) is 11.6 Å². The lowest BCUT2D eigenvalue weighted by Crippen LogP contribution is -2.12. The molecule has 0 spiro atoms. The molecule has 1 N–H and O–H groups in total. The van der Waals surface area contributed by atoms with E-state index in [2.05, 4.69) is 29.9 Å². The zero-order valence-corrected chi connectivity index (χ0v) is 13.2. The van der Waals surface area contributed by atoms with Crippen molar-refractivity contribution < 1.29 is 4.74 Å². The number of aryl methyl sites for hydroxylation is 1. The monoisotopic (exact) mass is 295 g/mol. The number of ether oxygens (including phenoxy) is 1. The Morgan fingerprint density at radius 3 is 2.55 bits per heavy atom. The maximum Gasteiger partial charge on any atom is 0.131 e. The first-order valence-electron chi connectivity index (χ1n) is 7.59. The number of hydrogen-bond donors (Lipinski definition) is 1. The maximum absolute atomic E-state index is 5.47. The molecule has 0 amide bonds. The van der Waals surface area contributed by atoms with Gasteiger partial charge in [-0.25, -0.2) is 4.98 Å². The number of nitrogens with zero attached hydrogens (tertiary/aromatic N) is 2. The van der Waals surface area contributed by atoms with Gasteiger partial charge >= 0.3 is 0 Å². The summed E-state index contributed by atoms with van der Waals surface area (Å²) in [6, 6.07) is 16.3. The highest BCUT2D eigenvalue weighted by Gasteiger charge is 2.14. The van der Waals surface area contributed by atoms with E-state index in [4.69, 9.17) is 9.72 Å². The van der Waals surface area contributed by atoms with E-state index in [9.17, 15) is 0 Å². The van der Waals surface area contributed by atoms with Gasteiger partial charge in [0, 0.05) is 12.7 Å². The first kappa shape index (κ1) is 14.4. The van der Waals surface area contributed by atoms with Gasteiger partial charge in [-0.2, -0.15) is 0 Å². The highest BCUT2D eigenvalue weighted by Crippen LogP contribution is 2.23. The quantitative estimate of drug-likeness (QED) is 0.768. The van der Waals surface area contributed by atoms with Crippen LogP contribution in [0, 0.1) is 0 Å². The SMILES string of the molecule is CCOc1ccc(NC(C)c2nc3ccccc3n2C)cc1. The Labute approximate surface area is 130 Å². The fourth-order valence-corrected chi connectivity index (χ4v) is 2.68. The van der Waals surface area contributed by atoms with Crippen LogP contribution in [0.25, 0.3) is 11.0 Å². The van der Waals surface area contributed by atoms with Gasteiger partial charge in [-0.15, -0.1) is 0 Å². The second-order valence-corrected chi connectivity index (χ2v) is 5.34. The van der Waals surface area contributed by atoms with Crippen LogP contribution in [-0.2, 0) is 7.05 Å². The van der Waals surface area contributed by atoms with Crippen molar-refractivity contribution in [2.75, 3.05) is 11.9 Å². The fraction of sp³-hybridized carbons (Fsp3) is 0.278. The number of nitrogens with one attached hydrogen (secondary N) is 1. The molecule has 1 aromatic heterocycles. The third-order valence-corrected chi connectivity index (χ3v) is 3.76. The number of anilines is 1. The number of rotatable bonds is 5. The molecule has 1 unspecified atom stereocenters. The molecule has 0 aliphatic carbocycles. The smallest absolute Gasteiger partial charge is 0.131 e. The van der Waals surface area contributed by atoms with Gasteiger partial charge in [0.2, 0.25) is 0 Å². The molecule has 3 aromatic rings. The minimum Gasteiger partial charge on any atom is -0.494 e. The lowest BCUT2D eigenvalue weighted by Gasteiger charge is -2.15. The highest BCUT2D eigenvalue weighted by atomic mass is 16.5. The summed E-state index contributed by atoms with van der Waals surface area (Å²) in [5.74, 6) is 1.92. The standard InChI is InChI=1S/C18H21N3O/c1-4-22-15-11-9-14(10-12-15)19-13(2)18-20-16-7-5-6-8-17(16)21(18)3/h5-13,19H,4H2,1-3H3. The van der Waals surface area contributed by atoms with E-state index in [-0.39, 0.29) is 6.04 Å². The average Bonchev–Trinajstić information content (AvgIpc) is 2.87. The van der Waals surface area contributed by atoms with Crippen molar-refractivity contribution in [1.29, 1.82) is 0 Å². The number of imidazole rings is 1. The van der Waals surface area contributed by atoms with Crippen LogP contribution in [-0.4, -0.2) is 16.2 Å². The zero-order valence-electron chi connectivity index (χ0n) is 13.2. The molecule has 0 saturated heterocycles. The summed E-state index contributed by atoms with van der Waals surface area (Å²) in [5.41, 5.74) is 3.24. The van der Waals surface area contributed by atoms with Crippen molar-refractivity contribution >= 4 is 16.7 Å². The lowest BCUT2D eigenvalue weighted by molar-refractivity contribution is 0.340. The van der Waals surface area contributed by atoms with Crippen molar-refractivity contribution in [3.05, 3.63) is 54.4 Å². The normalized spacial score (nSPS) is 12.3. The van der Waals surface area contributed by atoms with Gasteiger partial charge in [-0.3, -0.25) is 0 Å². The van der Waals surface area contributed by atoms with E-state index < -0.39 is 0 Å². The van der Waals surface area contributed by atoms with Crippen LogP contribution in [0.5, 0.6) is 5.75 Å². The molecular formula is C18H21N3O. The number of hydrogen-bond acceptors (Lipinski definition) is 3. The molecule has 0 bridgehead atoms. The average molecular weight is 295 g/mol. The second-order valence-electron chi connectivity index (χ2n) is 5.34. The lowest BCUT2D eigenvalue weighted by atomic mass is 10.2. The zero-order chi connectivity index (χ0) is 15.5. The van der Waals surface area contributed by atoms with Gasteiger partial charge < -0.3 is 14.6 Å². The van der Waals surface area contributed by atoms with Crippen molar-refractivity contribution in [2.24, 2.45) is 7.05 Å². The minimum atomic E-state index is 0.121. The van der Waals surface area contributed by atoms with Crippen LogP contribution >= 0.6 is 0 Å². The van der Waals surface area contributed by atoms with Crippen molar-refractivity contribution in [3.8, 4) is 5.75 Å². The van der Waals surface area contributed by atoms with Crippen molar-refractivity contribution in [2.45, 2.75) is 19.9 Å². The van der Waals surface area contributed by atoms with E-state index in [1.807, 2.05) is 49.4 Å². The number of aromatic nitrogens is 2. The van der Waals surface area contributed by atoms with Crippen LogP contribution in [0.15, 0.2) is 48.5 Å². The summed E-state index contributed by atoms with van der Waals surface area (Å²) in [5, 5.41) is 3.49. The molecule has 1 atom stereocenters. The molecule has 4 heteroatoms. The molecule has 0 aliphatic rings. The summed E-state index contributed by atoms with van der Waals surface area (Å²) >= 11 is 0. The van der Waals surface area contributed by atoms with E-state index in [0.717, 1.165) is 28.3 Å². The first-order chi connectivity index (χ1) is 10.7. The van der Waals surface area contributed by atoms with Crippen molar-refractivity contribution in [3.63, 3.8) is 0 Å². The second kappa shape index (κ2) is 6.10. The van der Waals surface area contributed by atoms with Gasteiger partial charge in [0.05, 0.1) is 23.7 Å². The Kier molecular flexibility index (Phi) is 4.00. The number of benzene rings is 2. The van der Waals surface area contributed by atoms with E-state index in [0.29, 0.717) is 6.61 Å². The van der Waals surface area contributed by atoms with E-state index >= 15 is 0 Å². The summed E-state index contributed by atoms with van der Waals surface area (Å²) in [6.07, 6.45) is 0. The third kappa shape index (κ3) is 2.77. The topological polar surface area (TPSA) is 39.1 Å². The molecule has 1 heterocycles. The molecule has 4 nitrogen and oxygen atoms in total. The molecule has 0 saturated carbocycles. The van der Waals surface area contributed by atoms with Crippen molar-refractivity contribution in [1.82, 2.24) is 9.55 Å². The summed E-state index contributed by atoms with van der Waals surface area (Å²) < 4.78 is 7.61. The molecule has 0 fully saturated rings. The molecule has 0 radical (unpaired) electrons. The Morgan fingerprint density at radius 2 is 1.86 bits per heavy atom. The predicted molar refractivity (Wildman–Crippen MR) is 90.4 cm³/mol.